The highest BCUT2D eigenvalue weighted by Crippen LogP contribution is 2.27. The van der Waals surface area contributed by atoms with Crippen molar-refractivity contribution in [2.45, 2.75) is 25.0 Å². The molecule has 1 unspecified atom stereocenters. The molecule has 0 saturated carbocycles. The molecule has 2 aromatic rings. The van der Waals surface area contributed by atoms with E-state index in [-0.39, 0.29) is 11.5 Å². The third-order valence-electron chi connectivity index (χ3n) is 3.19. The molecule has 2 rings (SSSR count). The second-order valence-electron chi connectivity index (χ2n) is 5.07. The first-order valence-electron chi connectivity index (χ1n) is 7.43. The van der Waals surface area contributed by atoms with Gasteiger partial charge in [0.1, 0.15) is 5.69 Å². The minimum absolute atomic E-state index is 0.120. The maximum Gasteiger partial charge on any atom is 0.211 e. The van der Waals surface area contributed by atoms with Gasteiger partial charge in [0.05, 0.1) is 10.0 Å². The smallest absolute Gasteiger partial charge is 0.211 e. The normalized spacial score (nSPS) is 11.8. The Bertz CT molecular complexity index is 802. The summed E-state index contributed by atoms with van der Waals surface area (Å²) in [5.41, 5.74) is 7.09. The van der Waals surface area contributed by atoms with Gasteiger partial charge in [-0.1, -0.05) is 36.2 Å². The lowest BCUT2D eigenvalue weighted by Gasteiger charge is -2.14. The van der Waals surface area contributed by atoms with Crippen LogP contribution in [0, 0.1) is 4.78 Å². The molecule has 1 atom stereocenters. The zero-order valence-electron chi connectivity index (χ0n) is 13.5. The van der Waals surface area contributed by atoms with Crippen LogP contribution in [0.15, 0.2) is 23.4 Å². The quantitative estimate of drug-likeness (QED) is 0.398. The predicted octanol–water partition coefficient (Wildman–Crippen LogP) is 3.70. The highest BCUT2D eigenvalue weighted by Gasteiger charge is 2.14. The molecule has 1 aromatic carbocycles. The van der Waals surface area contributed by atoms with E-state index in [0.29, 0.717) is 39.7 Å². The van der Waals surface area contributed by atoms with E-state index in [4.69, 9.17) is 33.7 Å². The molecule has 7 nitrogen and oxygen atoms in total. The fourth-order valence-corrected chi connectivity index (χ4v) is 3.35. The van der Waals surface area contributed by atoms with Crippen LogP contribution in [0.2, 0.25) is 10.0 Å². The summed E-state index contributed by atoms with van der Waals surface area (Å²) in [6.07, 6.45) is 1.35. The van der Waals surface area contributed by atoms with Crippen LogP contribution in [0.1, 0.15) is 18.9 Å². The van der Waals surface area contributed by atoms with E-state index in [0.717, 1.165) is 12.0 Å². The van der Waals surface area contributed by atoms with Crippen molar-refractivity contribution in [3.63, 3.8) is 0 Å². The van der Waals surface area contributed by atoms with Crippen molar-refractivity contribution >= 4 is 57.6 Å². The number of rotatable bonds is 8. The van der Waals surface area contributed by atoms with Crippen molar-refractivity contribution in [2.75, 3.05) is 22.1 Å². The number of nitrogen functional groups attached to an aromatic ring is 1. The van der Waals surface area contributed by atoms with Crippen LogP contribution in [0.4, 0.5) is 17.3 Å². The summed E-state index contributed by atoms with van der Waals surface area (Å²) in [5, 5.41) is 6.87. The topological polar surface area (TPSA) is 117 Å². The summed E-state index contributed by atoms with van der Waals surface area (Å²) in [5.74, 6) is 1.13. The Balaban J connectivity index is 2.30. The Morgan fingerprint density at radius 3 is 2.72 bits per heavy atom. The molecule has 0 aliphatic rings. The molecule has 10 heteroatoms. The van der Waals surface area contributed by atoms with E-state index >= 15 is 0 Å². The van der Waals surface area contributed by atoms with Gasteiger partial charge in [0.2, 0.25) is 11.6 Å². The molecule has 134 valence electrons. The average molecular weight is 401 g/mol. The molecular formula is C15H18Cl2N6OS. The number of amides is 1. The number of anilines is 3. The van der Waals surface area contributed by atoms with E-state index in [1.165, 1.54) is 0 Å². The lowest BCUT2D eigenvalue weighted by molar-refractivity contribution is -0.105. The van der Waals surface area contributed by atoms with Gasteiger partial charge in [-0.25, -0.2) is 9.97 Å². The van der Waals surface area contributed by atoms with Crippen molar-refractivity contribution in [1.29, 1.82) is 4.78 Å². The molecule has 0 bridgehead atoms. The molecule has 1 aromatic heterocycles. The highest BCUT2D eigenvalue weighted by molar-refractivity contribution is 7.85. The maximum atomic E-state index is 10.8. The number of hydrogen-bond acceptors (Lipinski definition) is 6. The summed E-state index contributed by atoms with van der Waals surface area (Å²) >= 11 is 11.9. The van der Waals surface area contributed by atoms with Gasteiger partial charge in [0.25, 0.3) is 0 Å². The van der Waals surface area contributed by atoms with Crippen LogP contribution < -0.4 is 16.4 Å². The number of nitrogens with two attached hydrogens (primary N) is 1. The number of benzene rings is 1. The number of hydrogen-bond donors (Lipinski definition) is 4. The molecule has 25 heavy (non-hydrogen) atoms. The molecule has 1 amide bonds. The number of nitrogens with zero attached hydrogens (tertiary/aromatic N) is 2. The summed E-state index contributed by atoms with van der Waals surface area (Å²) in [6, 6.07) is 5.26. The van der Waals surface area contributed by atoms with E-state index < -0.39 is 10.7 Å². The van der Waals surface area contributed by atoms with Crippen molar-refractivity contribution in [2.24, 2.45) is 0 Å². The van der Waals surface area contributed by atoms with Gasteiger partial charge in [-0.2, -0.15) is 0 Å². The van der Waals surface area contributed by atoms with Crippen molar-refractivity contribution in [3.8, 4) is 0 Å². The molecule has 1 heterocycles. The third kappa shape index (κ3) is 5.04. The molecule has 0 aliphatic carbocycles. The van der Waals surface area contributed by atoms with Crippen LogP contribution in [0.25, 0.3) is 0 Å². The van der Waals surface area contributed by atoms with Crippen LogP contribution in [-0.4, -0.2) is 22.1 Å². The monoisotopic (exact) mass is 400 g/mol. The zero-order chi connectivity index (χ0) is 18.4. The first-order chi connectivity index (χ1) is 12.0. The largest absolute Gasteiger partial charge is 0.382 e. The summed E-state index contributed by atoms with van der Waals surface area (Å²) in [4.78, 5) is 19.4. The van der Waals surface area contributed by atoms with E-state index in [1.807, 2.05) is 13.0 Å². The van der Waals surface area contributed by atoms with Crippen LogP contribution in [0.5, 0.6) is 0 Å². The fraction of sp³-hybridized carbons (Fsp3) is 0.267. The lowest BCUT2D eigenvalue weighted by atomic mass is 10.2. The summed E-state index contributed by atoms with van der Waals surface area (Å²) in [7, 11) is -0.868. The predicted molar refractivity (Wildman–Crippen MR) is 103 cm³/mol. The van der Waals surface area contributed by atoms with Crippen LogP contribution in [-0.2, 0) is 22.0 Å². The van der Waals surface area contributed by atoms with Crippen molar-refractivity contribution < 1.29 is 4.79 Å². The van der Waals surface area contributed by atoms with Gasteiger partial charge in [-0.3, -0.25) is 9.57 Å². The molecule has 0 radical (unpaired) electrons. The van der Waals surface area contributed by atoms with E-state index in [9.17, 15) is 4.79 Å². The zero-order valence-corrected chi connectivity index (χ0v) is 15.8. The Morgan fingerprint density at radius 2 is 2.08 bits per heavy atom. The Labute approximate surface area is 158 Å². The Kier molecular flexibility index (Phi) is 6.98. The molecule has 0 aliphatic heterocycles. The number of aromatic nitrogens is 2. The molecular weight excluding hydrogens is 383 g/mol. The van der Waals surface area contributed by atoms with Crippen LogP contribution >= 0.6 is 23.2 Å². The maximum absolute atomic E-state index is 10.8. The van der Waals surface area contributed by atoms with Gasteiger partial charge in [0.15, 0.2) is 11.6 Å². The fourth-order valence-electron chi connectivity index (χ4n) is 2.03. The average Bonchev–Trinajstić information content (AvgIpc) is 2.58. The standard InChI is InChI=1S/C15H18Cl2N6OS/c1-2-5-25(19)15-22-13(18)12(21-8-24)14(23-15)20-7-9-3-4-10(16)11(17)6-9/h3-4,6,8,19H,2,5,7H2,1H3,(H,21,24)(H3,18,20,22,23). The minimum Gasteiger partial charge on any atom is -0.382 e. The summed E-state index contributed by atoms with van der Waals surface area (Å²) in [6.45, 7) is 2.38. The molecule has 0 saturated heterocycles. The number of halogens is 2. The highest BCUT2D eigenvalue weighted by atomic mass is 35.5. The van der Waals surface area contributed by atoms with E-state index in [1.54, 1.807) is 12.1 Å². The first-order valence-corrected chi connectivity index (χ1v) is 9.58. The second kappa shape index (κ2) is 8.98. The minimum atomic E-state index is -0.868. The van der Waals surface area contributed by atoms with Gasteiger partial charge >= 0.3 is 0 Å². The van der Waals surface area contributed by atoms with E-state index in [2.05, 4.69) is 20.6 Å². The van der Waals surface area contributed by atoms with Gasteiger partial charge in [-0.05, 0) is 34.8 Å². The SMILES string of the molecule is CCCS(=N)c1nc(N)c(NC=O)c(NCc2ccc(Cl)c(Cl)c2)n1. The Hall–Kier alpha value is -1.90. The third-order valence-corrected chi connectivity index (χ3v) is 5.37. The molecule has 0 spiro atoms. The second-order valence-corrected chi connectivity index (χ2v) is 7.44. The van der Waals surface area contributed by atoms with Crippen molar-refractivity contribution in [1.82, 2.24) is 9.97 Å². The van der Waals surface area contributed by atoms with Crippen molar-refractivity contribution in [3.05, 3.63) is 33.8 Å². The Morgan fingerprint density at radius 1 is 1.32 bits per heavy atom. The number of carbonyl (C=O) groups is 1. The number of nitrogens with one attached hydrogen (secondary N) is 3. The van der Waals surface area contributed by atoms with Gasteiger partial charge in [0, 0.05) is 12.3 Å². The van der Waals surface area contributed by atoms with Gasteiger partial charge in [-0.15, -0.1) is 0 Å². The molecule has 0 fully saturated rings. The lowest BCUT2D eigenvalue weighted by Crippen LogP contribution is -2.13. The first kappa shape index (κ1) is 19.4. The molecule has 5 N–H and O–H groups in total. The van der Waals surface area contributed by atoms with Gasteiger partial charge < -0.3 is 16.4 Å². The number of carbonyl (C=O) groups excluding carboxylic acids is 1. The van der Waals surface area contributed by atoms with Crippen LogP contribution in [0.3, 0.4) is 0 Å². The summed E-state index contributed by atoms with van der Waals surface area (Å²) < 4.78 is 8.12.